The molecule has 1 fully saturated rings. The van der Waals surface area contributed by atoms with E-state index in [2.05, 4.69) is 23.9 Å². The van der Waals surface area contributed by atoms with Crippen LogP contribution in [0.5, 0.6) is 0 Å². The highest BCUT2D eigenvalue weighted by molar-refractivity contribution is 5.62. The average molecular weight is 334 g/mol. The van der Waals surface area contributed by atoms with E-state index in [9.17, 15) is 9.59 Å². The number of hydrazone groups is 1. The molecule has 0 amide bonds. The second-order valence-corrected chi connectivity index (χ2v) is 6.70. The first-order valence-corrected chi connectivity index (χ1v) is 9.20. The molecule has 0 aromatic carbocycles. The quantitative estimate of drug-likeness (QED) is 0.614. The first-order chi connectivity index (χ1) is 11.6. The molecule has 1 saturated carbocycles. The molecule has 1 aromatic rings. The van der Waals surface area contributed by atoms with Crippen LogP contribution in [0.3, 0.4) is 0 Å². The van der Waals surface area contributed by atoms with Crippen molar-refractivity contribution >= 4 is 12.0 Å². The molecule has 1 aliphatic rings. The Morgan fingerprint density at radius 3 is 2.62 bits per heavy atom. The number of hydrogen-bond donors (Lipinski definition) is 1. The van der Waals surface area contributed by atoms with Crippen LogP contribution in [-0.4, -0.2) is 22.8 Å². The lowest BCUT2D eigenvalue weighted by molar-refractivity contribution is 0.336. The highest BCUT2D eigenvalue weighted by Crippen LogP contribution is 2.25. The number of nitrogens with one attached hydrogen (secondary N) is 1. The van der Waals surface area contributed by atoms with Gasteiger partial charge >= 0.3 is 5.69 Å². The van der Waals surface area contributed by atoms with Crippen molar-refractivity contribution in [1.29, 1.82) is 0 Å². The summed E-state index contributed by atoms with van der Waals surface area (Å²) >= 11 is 0. The third-order valence-electron chi connectivity index (χ3n) is 4.87. The topological polar surface area (TPSA) is 70.5 Å². The predicted octanol–water partition coefficient (Wildman–Crippen LogP) is 3.29. The van der Waals surface area contributed by atoms with Crippen LogP contribution >= 0.6 is 0 Å². The molecule has 1 aliphatic carbocycles. The summed E-state index contributed by atoms with van der Waals surface area (Å²) in [6.07, 6.45) is 10.3. The van der Waals surface area contributed by atoms with E-state index in [0.29, 0.717) is 11.7 Å². The lowest BCUT2D eigenvalue weighted by Gasteiger charge is -2.23. The van der Waals surface area contributed by atoms with Gasteiger partial charge in [0.05, 0.1) is 0 Å². The average Bonchev–Trinajstić information content (AvgIpc) is 2.58. The summed E-state index contributed by atoms with van der Waals surface area (Å²) in [6, 6.07) is 1.51. The maximum absolute atomic E-state index is 12.4. The van der Waals surface area contributed by atoms with Gasteiger partial charge in [-0.1, -0.05) is 39.5 Å². The summed E-state index contributed by atoms with van der Waals surface area (Å²) < 4.78 is 1.38. The second kappa shape index (κ2) is 8.85. The van der Waals surface area contributed by atoms with Crippen LogP contribution in [0.25, 0.3) is 0 Å². The summed E-state index contributed by atoms with van der Waals surface area (Å²) in [5.74, 6) is 0.867. The third-order valence-corrected chi connectivity index (χ3v) is 4.87. The number of hydrogen-bond acceptors (Lipinski definition) is 4. The standard InChI is InChI=1S/C18H30N4O2/c1-4-9-14(5-2)13-19-21(3)16-12-17(23)22(18(24)20-16)15-10-7-6-8-11-15/h12-15H,4-11H2,1-3H3,(H,20,24)/b19-13+. The summed E-state index contributed by atoms with van der Waals surface area (Å²) in [5.41, 5.74) is -0.560. The van der Waals surface area contributed by atoms with Crippen molar-refractivity contribution in [3.63, 3.8) is 0 Å². The molecule has 24 heavy (non-hydrogen) atoms. The van der Waals surface area contributed by atoms with Gasteiger partial charge in [0.15, 0.2) is 0 Å². The number of anilines is 1. The summed E-state index contributed by atoms with van der Waals surface area (Å²) in [4.78, 5) is 27.6. The zero-order valence-corrected chi connectivity index (χ0v) is 15.1. The Kier molecular flexibility index (Phi) is 6.82. The molecule has 0 saturated heterocycles. The molecular formula is C18H30N4O2. The van der Waals surface area contributed by atoms with Crippen LogP contribution in [0.15, 0.2) is 20.8 Å². The molecular weight excluding hydrogens is 304 g/mol. The Morgan fingerprint density at radius 2 is 2.04 bits per heavy atom. The van der Waals surface area contributed by atoms with E-state index in [0.717, 1.165) is 44.9 Å². The summed E-state index contributed by atoms with van der Waals surface area (Å²) in [7, 11) is 1.75. The number of H-pyrrole nitrogens is 1. The van der Waals surface area contributed by atoms with E-state index in [1.165, 1.54) is 17.1 Å². The van der Waals surface area contributed by atoms with Gasteiger partial charge in [0, 0.05) is 25.4 Å². The molecule has 1 atom stereocenters. The molecule has 1 N–H and O–H groups in total. The fraction of sp³-hybridized carbons (Fsp3) is 0.722. The Balaban J connectivity index is 2.18. The lowest BCUT2D eigenvalue weighted by Crippen LogP contribution is -2.39. The summed E-state index contributed by atoms with van der Waals surface area (Å²) in [5, 5.41) is 5.97. The Labute approximate surface area is 143 Å². The van der Waals surface area contributed by atoms with Gasteiger partial charge in [0.25, 0.3) is 5.56 Å². The smallest absolute Gasteiger partial charge is 0.292 e. The molecule has 0 bridgehead atoms. The van der Waals surface area contributed by atoms with E-state index >= 15 is 0 Å². The van der Waals surface area contributed by atoms with Crippen molar-refractivity contribution in [1.82, 2.24) is 9.55 Å². The molecule has 134 valence electrons. The van der Waals surface area contributed by atoms with Crippen molar-refractivity contribution in [3.05, 3.63) is 26.9 Å². The van der Waals surface area contributed by atoms with Crippen LogP contribution in [0.1, 0.15) is 71.3 Å². The van der Waals surface area contributed by atoms with Crippen LogP contribution in [0.2, 0.25) is 0 Å². The number of aromatic amines is 1. The van der Waals surface area contributed by atoms with Crippen molar-refractivity contribution < 1.29 is 0 Å². The molecule has 6 heteroatoms. The number of nitrogens with zero attached hydrogens (tertiary/aromatic N) is 3. The molecule has 2 rings (SSSR count). The predicted molar refractivity (Wildman–Crippen MR) is 99.0 cm³/mol. The Bertz CT molecular complexity index is 624. The fourth-order valence-electron chi connectivity index (χ4n) is 3.36. The minimum absolute atomic E-state index is 0.0342. The highest BCUT2D eigenvalue weighted by Gasteiger charge is 2.19. The van der Waals surface area contributed by atoms with Crippen molar-refractivity contribution in [2.45, 2.75) is 71.3 Å². The maximum Gasteiger partial charge on any atom is 0.330 e. The third kappa shape index (κ3) is 4.58. The van der Waals surface area contributed by atoms with Crippen molar-refractivity contribution in [2.75, 3.05) is 12.1 Å². The van der Waals surface area contributed by atoms with E-state index < -0.39 is 0 Å². The molecule has 0 spiro atoms. The van der Waals surface area contributed by atoms with Gasteiger partial charge in [-0.15, -0.1) is 0 Å². The van der Waals surface area contributed by atoms with Gasteiger partial charge in [0.1, 0.15) is 5.82 Å². The van der Waals surface area contributed by atoms with E-state index in [4.69, 9.17) is 0 Å². The van der Waals surface area contributed by atoms with Crippen LogP contribution < -0.4 is 16.3 Å². The fourth-order valence-corrected chi connectivity index (χ4v) is 3.36. The lowest BCUT2D eigenvalue weighted by atomic mass is 9.95. The minimum atomic E-state index is -0.327. The van der Waals surface area contributed by atoms with Crippen molar-refractivity contribution in [2.24, 2.45) is 11.0 Å². The van der Waals surface area contributed by atoms with E-state index in [-0.39, 0.29) is 17.3 Å². The van der Waals surface area contributed by atoms with Gasteiger partial charge in [-0.3, -0.25) is 19.4 Å². The monoisotopic (exact) mass is 334 g/mol. The molecule has 1 aromatic heterocycles. The van der Waals surface area contributed by atoms with Crippen LogP contribution in [-0.2, 0) is 0 Å². The normalized spacial score (nSPS) is 17.3. The van der Waals surface area contributed by atoms with E-state index in [1.807, 2.05) is 6.21 Å². The van der Waals surface area contributed by atoms with Gasteiger partial charge < -0.3 is 0 Å². The largest absolute Gasteiger partial charge is 0.330 e. The number of aromatic nitrogens is 2. The highest BCUT2D eigenvalue weighted by atomic mass is 16.2. The number of rotatable bonds is 7. The SMILES string of the molecule is CCCC(/C=N/N(C)c1cc(=O)n(C2CCCCC2)c(=O)[nH]1)CC. The van der Waals surface area contributed by atoms with Crippen LogP contribution in [0.4, 0.5) is 5.82 Å². The van der Waals surface area contributed by atoms with Gasteiger partial charge in [-0.05, 0) is 31.6 Å². The second-order valence-electron chi connectivity index (χ2n) is 6.70. The molecule has 1 heterocycles. The van der Waals surface area contributed by atoms with Gasteiger partial charge in [0.2, 0.25) is 0 Å². The van der Waals surface area contributed by atoms with Crippen LogP contribution in [0, 0.1) is 5.92 Å². The maximum atomic E-state index is 12.4. The first-order valence-electron chi connectivity index (χ1n) is 9.20. The molecule has 0 radical (unpaired) electrons. The van der Waals surface area contributed by atoms with Gasteiger partial charge in [-0.25, -0.2) is 4.79 Å². The zero-order valence-electron chi connectivity index (χ0n) is 15.1. The Morgan fingerprint density at radius 1 is 1.33 bits per heavy atom. The Hall–Kier alpha value is -1.85. The van der Waals surface area contributed by atoms with E-state index in [1.54, 1.807) is 12.1 Å². The molecule has 1 unspecified atom stereocenters. The molecule has 0 aliphatic heterocycles. The molecule has 6 nitrogen and oxygen atoms in total. The minimum Gasteiger partial charge on any atom is -0.292 e. The zero-order chi connectivity index (χ0) is 17.5. The van der Waals surface area contributed by atoms with Crippen molar-refractivity contribution in [3.8, 4) is 0 Å². The first kappa shape index (κ1) is 18.5. The summed E-state index contributed by atoms with van der Waals surface area (Å²) in [6.45, 7) is 4.29. The van der Waals surface area contributed by atoms with Gasteiger partial charge in [-0.2, -0.15) is 5.10 Å².